The normalized spacial score (nSPS) is 41.1. The van der Waals surface area contributed by atoms with E-state index in [9.17, 15) is 35.7 Å². The molecule has 0 bridgehead atoms. The maximum absolute atomic E-state index is 10.5. The van der Waals surface area contributed by atoms with E-state index >= 15 is 0 Å². The van der Waals surface area contributed by atoms with Crippen molar-refractivity contribution in [2.45, 2.75) is 94.0 Å². The minimum Gasteiger partial charge on any atom is -0.493 e. The van der Waals surface area contributed by atoms with Gasteiger partial charge in [-0.05, 0) is 12.5 Å². The summed E-state index contributed by atoms with van der Waals surface area (Å²) in [6.07, 6.45) is -7.31. The first-order chi connectivity index (χ1) is 14.3. The molecule has 0 amide bonds. The Morgan fingerprint density at radius 3 is 2.43 bits per heavy atom. The molecule has 2 aliphatic heterocycles. The molecule has 7 N–H and O–H groups in total. The molecule has 10 atom stereocenters. The molecule has 2 heterocycles. The highest BCUT2D eigenvalue weighted by Gasteiger charge is 2.46. The molecule has 2 saturated heterocycles. The Kier molecular flexibility index (Phi) is 10.4. The molecule has 0 unspecified atom stereocenters. The van der Waals surface area contributed by atoms with Crippen molar-refractivity contribution in [1.82, 2.24) is 0 Å². The van der Waals surface area contributed by atoms with E-state index in [0.29, 0.717) is 6.42 Å². The maximum Gasteiger partial charge on any atom is 0.186 e. The van der Waals surface area contributed by atoms with Crippen molar-refractivity contribution < 1.29 is 54.7 Å². The van der Waals surface area contributed by atoms with Crippen LogP contribution in [0.1, 0.15) is 32.6 Å². The van der Waals surface area contributed by atoms with Crippen LogP contribution in [-0.2, 0) is 18.9 Å². The molecular weight excluding hydrogens is 404 g/mol. The summed E-state index contributed by atoms with van der Waals surface area (Å²) in [5.41, 5.74) is 0. The topological polar surface area (TPSA) is 179 Å². The van der Waals surface area contributed by atoms with E-state index in [2.05, 4.69) is 6.92 Å². The third kappa shape index (κ3) is 6.82. The van der Waals surface area contributed by atoms with Gasteiger partial charge in [-0.25, -0.2) is 0 Å². The second-order valence-electron chi connectivity index (χ2n) is 7.62. The van der Waals surface area contributed by atoms with Crippen LogP contribution in [0.2, 0.25) is 0 Å². The highest BCUT2D eigenvalue weighted by molar-refractivity contribution is 4.93. The van der Waals surface area contributed by atoms with Gasteiger partial charge in [0.1, 0.15) is 36.6 Å². The van der Waals surface area contributed by atoms with E-state index < -0.39 is 61.4 Å². The zero-order valence-corrected chi connectivity index (χ0v) is 16.9. The molecule has 0 aliphatic carbocycles. The Labute approximate surface area is 175 Å². The highest BCUT2D eigenvalue weighted by atomic mass is 16.7. The number of unbranched alkanes of at least 4 members (excludes halogenated alkanes) is 2. The molecule has 11 heteroatoms. The molecule has 0 aromatic carbocycles. The lowest BCUT2D eigenvalue weighted by Gasteiger charge is -2.41. The van der Waals surface area contributed by atoms with Gasteiger partial charge in [0.25, 0.3) is 0 Å². The van der Waals surface area contributed by atoms with E-state index in [1.807, 2.05) is 0 Å². The van der Waals surface area contributed by atoms with Crippen molar-refractivity contribution in [3.05, 3.63) is 12.3 Å². The van der Waals surface area contributed by atoms with Crippen molar-refractivity contribution in [1.29, 1.82) is 0 Å². The largest absolute Gasteiger partial charge is 0.493 e. The molecule has 0 aromatic rings. The fourth-order valence-corrected chi connectivity index (χ4v) is 3.26. The van der Waals surface area contributed by atoms with Gasteiger partial charge in [0.05, 0.1) is 25.6 Å². The minimum atomic E-state index is -1.67. The van der Waals surface area contributed by atoms with Gasteiger partial charge in [0, 0.05) is 0 Å². The lowest BCUT2D eigenvalue weighted by atomic mass is 9.99. The van der Waals surface area contributed by atoms with Crippen LogP contribution in [0.4, 0.5) is 0 Å². The first-order valence-corrected chi connectivity index (χ1v) is 10.2. The Balaban J connectivity index is 1.87. The highest BCUT2D eigenvalue weighted by Crippen LogP contribution is 2.25. The lowest BCUT2D eigenvalue weighted by molar-refractivity contribution is -0.312. The molecule has 0 spiro atoms. The van der Waals surface area contributed by atoms with Gasteiger partial charge < -0.3 is 54.7 Å². The van der Waals surface area contributed by atoms with E-state index in [4.69, 9.17) is 18.9 Å². The third-order valence-electron chi connectivity index (χ3n) is 5.18. The standard InChI is InChI=1S/C19H34O11/c1-2-3-4-5-10(20)6-7-27-17-14(23)12(30-18(26)16(17)25)9-29-19-15(24)13(22)11(21)8-28-19/h6-7,10-26H,2-5,8-9H2,1H3/t10-,11-,12-,13+,14-,15-,16-,17+,18-,19+/m1/s1. The smallest absolute Gasteiger partial charge is 0.186 e. The molecule has 0 radical (unpaired) electrons. The van der Waals surface area contributed by atoms with E-state index in [-0.39, 0.29) is 13.2 Å². The summed E-state index contributed by atoms with van der Waals surface area (Å²) in [4.78, 5) is 0. The summed E-state index contributed by atoms with van der Waals surface area (Å²) in [6, 6.07) is 0. The maximum atomic E-state index is 10.5. The fourth-order valence-electron chi connectivity index (χ4n) is 3.26. The summed E-state index contributed by atoms with van der Waals surface area (Å²) in [5, 5.41) is 69.3. The number of ether oxygens (including phenoxy) is 4. The van der Waals surface area contributed by atoms with Gasteiger partial charge in [-0.1, -0.05) is 26.2 Å². The molecule has 0 aromatic heterocycles. The van der Waals surface area contributed by atoms with Crippen LogP contribution in [0.25, 0.3) is 0 Å². The number of aliphatic hydroxyl groups excluding tert-OH is 7. The Hall–Kier alpha value is -0.860. The van der Waals surface area contributed by atoms with Crippen LogP contribution in [0.3, 0.4) is 0 Å². The monoisotopic (exact) mass is 438 g/mol. The summed E-state index contributed by atoms with van der Waals surface area (Å²) >= 11 is 0. The second kappa shape index (κ2) is 12.2. The summed E-state index contributed by atoms with van der Waals surface area (Å²) in [5.74, 6) is 0. The molecular formula is C19H34O11. The molecule has 176 valence electrons. The molecule has 2 fully saturated rings. The van der Waals surface area contributed by atoms with Crippen molar-refractivity contribution in [3.8, 4) is 0 Å². The van der Waals surface area contributed by atoms with Gasteiger partial charge >= 0.3 is 0 Å². The average Bonchev–Trinajstić information content (AvgIpc) is 2.72. The molecule has 2 aliphatic rings. The van der Waals surface area contributed by atoms with Gasteiger partial charge in [-0.2, -0.15) is 0 Å². The van der Waals surface area contributed by atoms with Crippen LogP contribution < -0.4 is 0 Å². The molecule has 11 nitrogen and oxygen atoms in total. The first-order valence-electron chi connectivity index (χ1n) is 10.2. The van der Waals surface area contributed by atoms with Crippen molar-refractivity contribution >= 4 is 0 Å². The van der Waals surface area contributed by atoms with E-state index in [1.165, 1.54) is 6.08 Å². The fraction of sp³-hybridized carbons (Fsp3) is 0.895. The van der Waals surface area contributed by atoms with Gasteiger partial charge in [0.15, 0.2) is 18.7 Å². The Morgan fingerprint density at radius 2 is 1.73 bits per heavy atom. The summed E-state index contributed by atoms with van der Waals surface area (Å²) in [6.45, 7) is 1.44. The number of hydrogen-bond acceptors (Lipinski definition) is 11. The van der Waals surface area contributed by atoms with Crippen LogP contribution in [0.5, 0.6) is 0 Å². The Morgan fingerprint density at radius 1 is 1.00 bits per heavy atom. The predicted octanol–water partition coefficient (Wildman–Crippen LogP) is -2.28. The number of rotatable bonds is 10. The van der Waals surface area contributed by atoms with Gasteiger partial charge in [0.2, 0.25) is 0 Å². The minimum absolute atomic E-state index is 0.255. The first kappa shape index (κ1) is 25.4. The predicted molar refractivity (Wildman–Crippen MR) is 101 cm³/mol. The zero-order chi connectivity index (χ0) is 22.3. The van der Waals surface area contributed by atoms with Crippen LogP contribution in [0, 0.1) is 0 Å². The van der Waals surface area contributed by atoms with Crippen LogP contribution in [-0.4, -0.2) is 110 Å². The lowest BCUT2D eigenvalue weighted by Crippen LogP contribution is -2.60. The van der Waals surface area contributed by atoms with E-state index in [0.717, 1.165) is 25.5 Å². The number of aliphatic hydroxyl groups is 7. The van der Waals surface area contributed by atoms with Crippen molar-refractivity contribution in [2.24, 2.45) is 0 Å². The van der Waals surface area contributed by atoms with Crippen LogP contribution in [0.15, 0.2) is 12.3 Å². The Bertz CT molecular complexity index is 519. The summed E-state index contributed by atoms with van der Waals surface area (Å²) in [7, 11) is 0. The number of hydrogen-bond donors (Lipinski definition) is 7. The van der Waals surface area contributed by atoms with Gasteiger partial charge in [-0.3, -0.25) is 0 Å². The summed E-state index contributed by atoms with van der Waals surface area (Å²) < 4.78 is 20.9. The van der Waals surface area contributed by atoms with Crippen LogP contribution >= 0.6 is 0 Å². The second-order valence-corrected chi connectivity index (χ2v) is 7.62. The zero-order valence-electron chi connectivity index (χ0n) is 16.9. The average molecular weight is 438 g/mol. The SMILES string of the molecule is CCCCC[C@@H](O)C=CO[C@@H]1[C@@H](O)[C@H](O)O[C@H](CO[C@@H]2OC[C@@H](O)[C@H](O)[C@H]2O)[C@H]1O. The quantitative estimate of drug-likeness (QED) is 0.144. The molecule has 30 heavy (non-hydrogen) atoms. The van der Waals surface area contributed by atoms with Crippen molar-refractivity contribution in [3.63, 3.8) is 0 Å². The van der Waals surface area contributed by atoms with Gasteiger partial charge in [-0.15, -0.1) is 0 Å². The third-order valence-corrected chi connectivity index (χ3v) is 5.18. The van der Waals surface area contributed by atoms with Crippen molar-refractivity contribution in [2.75, 3.05) is 13.2 Å². The molecule has 2 rings (SSSR count). The van der Waals surface area contributed by atoms with E-state index in [1.54, 1.807) is 0 Å². The molecule has 0 saturated carbocycles.